The van der Waals surface area contributed by atoms with E-state index in [1.54, 1.807) is 6.07 Å². The fourth-order valence-electron chi connectivity index (χ4n) is 2.03. The summed E-state index contributed by atoms with van der Waals surface area (Å²) in [4.78, 5) is 12.1. The van der Waals surface area contributed by atoms with E-state index in [1.807, 2.05) is 0 Å². The normalized spacial score (nSPS) is 12.0. The summed E-state index contributed by atoms with van der Waals surface area (Å²) in [6.45, 7) is 1.53. The molecular formula is C17H12F3N3O2S. The molecule has 0 saturated carbocycles. The summed E-state index contributed by atoms with van der Waals surface area (Å²) >= 11 is 0.911. The molecule has 9 heteroatoms. The number of carbonyl (C=O) groups is 1. The second-order valence-electron chi connectivity index (χ2n) is 5.23. The Bertz CT molecular complexity index is 949. The van der Waals surface area contributed by atoms with Gasteiger partial charge in [0.25, 0.3) is 11.1 Å². The summed E-state index contributed by atoms with van der Waals surface area (Å²) in [5.74, 6) is -2.54. The molecule has 134 valence electrons. The summed E-state index contributed by atoms with van der Waals surface area (Å²) in [6, 6.07) is 8.65. The van der Waals surface area contributed by atoms with Crippen LogP contribution < -0.4 is 5.32 Å². The van der Waals surface area contributed by atoms with E-state index in [4.69, 9.17) is 4.42 Å². The van der Waals surface area contributed by atoms with E-state index in [1.165, 1.54) is 25.1 Å². The van der Waals surface area contributed by atoms with E-state index < -0.39 is 28.6 Å². The van der Waals surface area contributed by atoms with E-state index in [9.17, 15) is 18.0 Å². The lowest BCUT2D eigenvalue weighted by atomic mass is 10.2. The third-order valence-corrected chi connectivity index (χ3v) is 4.28. The Morgan fingerprint density at radius 1 is 1.12 bits per heavy atom. The Balaban J connectivity index is 1.68. The maximum Gasteiger partial charge on any atom is 0.277 e. The minimum absolute atomic E-state index is 0.0191. The standard InChI is InChI=1S/C17H12F3N3O2S/c1-9(15(24)21-14-8-10(18)6-7-13(14)20)26-17-23-22-16(25-17)11-4-2-3-5-12(11)19/h2-9H,1H3,(H,21,24)/t9-/m1/s1. The molecule has 26 heavy (non-hydrogen) atoms. The molecule has 1 aromatic heterocycles. The van der Waals surface area contributed by atoms with Crippen LogP contribution in [0.2, 0.25) is 0 Å². The highest BCUT2D eigenvalue weighted by Crippen LogP contribution is 2.28. The van der Waals surface area contributed by atoms with Crippen molar-refractivity contribution >= 4 is 23.4 Å². The van der Waals surface area contributed by atoms with Gasteiger partial charge in [0.2, 0.25) is 5.91 Å². The molecule has 0 spiro atoms. The van der Waals surface area contributed by atoms with E-state index >= 15 is 0 Å². The largest absolute Gasteiger partial charge is 0.411 e. The first kappa shape index (κ1) is 18.0. The number of halogens is 3. The lowest BCUT2D eigenvalue weighted by molar-refractivity contribution is -0.115. The zero-order valence-electron chi connectivity index (χ0n) is 13.4. The highest BCUT2D eigenvalue weighted by Gasteiger charge is 2.20. The van der Waals surface area contributed by atoms with Crippen molar-refractivity contribution in [2.24, 2.45) is 0 Å². The van der Waals surface area contributed by atoms with Crippen LogP contribution in [-0.2, 0) is 4.79 Å². The van der Waals surface area contributed by atoms with Gasteiger partial charge < -0.3 is 9.73 Å². The molecule has 3 rings (SSSR count). The van der Waals surface area contributed by atoms with Crippen LogP contribution in [-0.4, -0.2) is 21.4 Å². The van der Waals surface area contributed by atoms with Crippen LogP contribution in [0, 0.1) is 17.5 Å². The van der Waals surface area contributed by atoms with Crippen molar-refractivity contribution in [2.75, 3.05) is 5.32 Å². The zero-order chi connectivity index (χ0) is 18.7. The first-order valence-corrected chi connectivity index (χ1v) is 8.33. The number of nitrogens with zero attached hydrogens (tertiary/aromatic N) is 2. The zero-order valence-corrected chi connectivity index (χ0v) is 14.2. The third-order valence-electron chi connectivity index (χ3n) is 3.34. The van der Waals surface area contributed by atoms with Crippen molar-refractivity contribution in [3.8, 4) is 11.5 Å². The molecule has 1 heterocycles. The van der Waals surface area contributed by atoms with Gasteiger partial charge in [0, 0.05) is 6.07 Å². The Labute approximate surface area is 150 Å². The van der Waals surface area contributed by atoms with Gasteiger partial charge in [-0.05, 0) is 31.2 Å². The maximum atomic E-state index is 13.7. The van der Waals surface area contributed by atoms with Gasteiger partial charge in [-0.2, -0.15) is 0 Å². The highest BCUT2D eigenvalue weighted by atomic mass is 32.2. The van der Waals surface area contributed by atoms with Crippen molar-refractivity contribution in [3.05, 3.63) is 59.9 Å². The second kappa shape index (κ2) is 7.61. The maximum absolute atomic E-state index is 13.7. The fourth-order valence-corrected chi connectivity index (χ4v) is 2.72. The monoisotopic (exact) mass is 379 g/mol. The number of thioether (sulfide) groups is 1. The number of aromatic nitrogens is 2. The molecule has 3 aromatic rings. The molecule has 2 aromatic carbocycles. The SMILES string of the molecule is C[C@@H](Sc1nnc(-c2ccccc2F)o1)C(=O)Nc1cc(F)ccc1F. The Kier molecular flexibility index (Phi) is 5.27. The minimum Gasteiger partial charge on any atom is -0.411 e. The number of nitrogens with one attached hydrogen (secondary N) is 1. The van der Waals surface area contributed by atoms with Gasteiger partial charge in [0.1, 0.15) is 17.5 Å². The van der Waals surface area contributed by atoms with Gasteiger partial charge in [0.05, 0.1) is 16.5 Å². The molecule has 0 aliphatic rings. The van der Waals surface area contributed by atoms with E-state index in [0.717, 1.165) is 30.0 Å². The van der Waals surface area contributed by atoms with Crippen LogP contribution in [0.15, 0.2) is 52.1 Å². The number of amides is 1. The topological polar surface area (TPSA) is 68.0 Å². The van der Waals surface area contributed by atoms with Crippen LogP contribution >= 0.6 is 11.8 Å². The molecule has 0 fully saturated rings. The smallest absolute Gasteiger partial charge is 0.277 e. The number of anilines is 1. The van der Waals surface area contributed by atoms with Gasteiger partial charge in [-0.1, -0.05) is 23.9 Å². The molecule has 1 N–H and O–H groups in total. The van der Waals surface area contributed by atoms with Crippen molar-refractivity contribution in [1.29, 1.82) is 0 Å². The average molecular weight is 379 g/mol. The molecule has 0 aliphatic carbocycles. The summed E-state index contributed by atoms with van der Waals surface area (Å²) in [6.07, 6.45) is 0. The number of benzene rings is 2. The Hall–Kier alpha value is -2.81. The quantitative estimate of drug-likeness (QED) is 0.671. The Morgan fingerprint density at radius 2 is 1.88 bits per heavy atom. The summed E-state index contributed by atoms with van der Waals surface area (Å²) in [5, 5.41) is 9.11. The van der Waals surface area contributed by atoms with Crippen LogP contribution in [0.3, 0.4) is 0 Å². The van der Waals surface area contributed by atoms with Crippen LogP contribution in [0.5, 0.6) is 0 Å². The minimum atomic E-state index is -0.753. The Morgan fingerprint density at radius 3 is 2.65 bits per heavy atom. The summed E-state index contributed by atoms with van der Waals surface area (Å²) in [7, 11) is 0. The number of carbonyl (C=O) groups excluding carboxylic acids is 1. The van der Waals surface area contributed by atoms with Gasteiger partial charge in [-0.15, -0.1) is 10.2 Å². The molecule has 0 unspecified atom stereocenters. The van der Waals surface area contributed by atoms with Crippen molar-refractivity contribution in [2.45, 2.75) is 17.4 Å². The van der Waals surface area contributed by atoms with Gasteiger partial charge in [0.15, 0.2) is 0 Å². The fraction of sp³-hybridized carbons (Fsp3) is 0.118. The van der Waals surface area contributed by atoms with Gasteiger partial charge >= 0.3 is 0 Å². The predicted octanol–water partition coefficient (Wildman–Crippen LogP) is 4.27. The number of hydrogen-bond acceptors (Lipinski definition) is 5. The van der Waals surface area contributed by atoms with E-state index in [0.29, 0.717) is 0 Å². The first-order valence-electron chi connectivity index (χ1n) is 7.45. The van der Waals surface area contributed by atoms with Gasteiger partial charge in [-0.25, -0.2) is 13.2 Å². The summed E-state index contributed by atoms with van der Waals surface area (Å²) < 4.78 is 45.8. The number of rotatable bonds is 5. The van der Waals surface area contributed by atoms with Crippen LogP contribution in [0.25, 0.3) is 11.5 Å². The van der Waals surface area contributed by atoms with Crippen molar-refractivity contribution in [1.82, 2.24) is 10.2 Å². The van der Waals surface area contributed by atoms with Gasteiger partial charge in [-0.3, -0.25) is 4.79 Å². The van der Waals surface area contributed by atoms with E-state index in [-0.39, 0.29) is 22.4 Å². The highest BCUT2D eigenvalue weighted by molar-refractivity contribution is 8.00. The molecule has 5 nitrogen and oxygen atoms in total. The molecule has 0 saturated heterocycles. The lowest BCUT2D eigenvalue weighted by Gasteiger charge is -2.10. The molecule has 1 amide bonds. The lowest BCUT2D eigenvalue weighted by Crippen LogP contribution is -2.23. The summed E-state index contributed by atoms with van der Waals surface area (Å²) in [5.41, 5.74) is -0.120. The van der Waals surface area contributed by atoms with E-state index in [2.05, 4.69) is 15.5 Å². The van der Waals surface area contributed by atoms with Crippen LogP contribution in [0.1, 0.15) is 6.92 Å². The molecule has 0 radical (unpaired) electrons. The number of hydrogen-bond donors (Lipinski definition) is 1. The molecular weight excluding hydrogens is 367 g/mol. The van der Waals surface area contributed by atoms with Crippen LogP contribution in [0.4, 0.5) is 18.9 Å². The second-order valence-corrected chi connectivity index (χ2v) is 6.52. The predicted molar refractivity (Wildman–Crippen MR) is 90.0 cm³/mol. The first-order chi connectivity index (χ1) is 12.4. The van der Waals surface area contributed by atoms with Crippen molar-refractivity contribution < 1.29 is 22.4 Å². The van der Waals surface area contributed by atoms with Crippen molar-refractivity contribution in [3.63, 3.8) is 0 Å². The third kappa shape index (κ3) is 4.05. The molecule has 1 atom stereocenters. The molecule has 0 bridgehead atoms. The molecule has 0 aliphatic heterocycles. The average Bonchev–Trinajstić information content (AvgIpc) is 3.06.